The first-order valence-electron chi connectivity index (χ1n) is 7.01. The zero-order chi connectivity index (χ0) is 13.0. The summed E-state index contributed by atoms with van der Waals surface area (Å²) in [5.74, 6) is 1.54. The van der Waals surface area contributed by atoms with Crippen molar-refractivity contribution in [3.8, 4) is 0 Å². The van der Waals surface area contributed by atoms with Crippen LogP contribution in [0.3, 0.4) is 0 Å². The molecule has 1 N–H and O–H groups in total. The average molecular weight is 248 g/mol. The lowest BCUT2D eigenvalue weighted by Gasteiger charge is -2.32. The predicted molar refractivity (Wildman–Crippen MR) is 73.3 cm³/mol. The Morgan fingerprint density at radius 3 is 2.56 bits per heavy atom. The molecule has 0 radical (unpaired) electrons. The first kappa shape index (κ1) is 13.6. The molecule has 1 aliphatic carbocycles. The van der Waals surface area contributed by atoms with E-state index in [1.54, 1.807) is 0 Å². The molecule has 1 aromatic carbocycles. The van der Waals surface area contributed by atoms with Crippen LogP contribution >= 0.6 is 0 Å². The molecule has 0 aromatic heterocycles. The summed E-state index contributed by atoms with van der Waals surface area (Å²) in [4.78, 5) is 0. The summed E-state index contributed by atoms with van der Waals surface area (Å²) in [7, 11) is 0. The normalized spacial score (nSPS) is 30.1. The molecule has 18 heavy (non-hydrogen) atoms. The Bertz CT molecular complexity index is 349. The van der Waals surface area contributed by atoms with Crippen LogP contribution in [-0.4, -0.2) is 17.8 Å². The smallest absolute Gasteiger partial charge is 0.102 e. The highest BCUT2D eigenvalue weighted by molar-refractivity contribution is 5.17. The van der Waals surface area contributed by atoms with Gasteiger partial charge in [-0.05, 0) is 36.7 Å². The van der Waals surface area contributed by atoms with Crippen LogP contribution in [0, 0.1) is 11.8 Å². The Balaban J connectivity index is 1.78. The summed E-state index contributed by atoms with van der Waals surface area (Å²) >= 11 is 0. The number of hydrogen-bond donors (Lipinski definition) is 1. The molecule has 2 heteroatoms. The van der Waals surface area contributed by atoms with Gasteiger partial charge in [0, 0.05) is 0 Å². The summed E-state index contributed by atoms with van der Waals surface area (Å²) in [5, 5.41) is 10.0. The Morgan fingerprint density at radius 2 is 1.89 bits per heavy atom. The minimum absolute atomic E-state index is 0.328. The fourth-order valence-corrected chi connectivity index (χ4v) is 2.65. The number of rotatable bonds is 4. The number of aliphatic hydroxyl groups excluding tert-OH is 1. The second-order valence-corrected chi connectivity index (χ2v) is 5.65. The number of aliphatic hydroxyl groups is 1. The highest BCUT2D eigenvalue weighted by atomic mass is 16.5. The molecule has 2 rings (SSSR count). The van der Waals surface area contributed by atoms with Gasteiger partial charge in [-0.3, -0.25) is 0 Å². The first-order valence-corrected chi connectivity index (χ1v) is 7.01. The highest BCUT2D eigenvalue weighted by Crippen LogP contribution is 2.31. The van der Waals surface area contributed by atoms with Crippen LogP contribution in [0.25, 0.3) is 0 Å². The van der Waals surface area contributed by atoms with E-state index in [0.717, 1.165) is 30.2 Å². The van der Waals surface area contributed by atoms with Gasteiger partial charge in [0.1, 0.15) is 6.10 Å². The molecule has 100 valence electrons. The van der Waals surface area contributed by atoms with Crippen molar-refractivity contribution < 1.29 is 9.84 Å². The zero-order valence-electron chi connectivity index (χ0n) is 11.4. The van der Waals surface area contributed by atoms with E-state index in [0.29, 0.717) is 12.7 Å². The van der Waals surface area contributed by atoms with Crippen LogP contribution in [0.4, 0.5) is 0 Å². The number of benzene rings is 1. The van der Waals surface area contributed by atoms with Crippen molar-refractivity contribution in [3.05, 3.63) is 35.9 Å². The second-order valence-electron chi connectivity index (χ2n) is 5.65. The van der Waals surface area contributed by atoms with E-state index in [9.17, 15) is 5.11 Å². The minimum Gasteiger partial charge on any atom is -0.386 e. The third kappa shape index (κ3) is 3.56. The molecule has 1 saturated carbocycles. The Kier molecular flexibility index (Phi) is 4.79. The molecule has 1 aromatic rings. The van der Waals surface area contributed by atoms with Crippen molar-refractivity contribution in [1.82, 2.24) is 0 Å². The Morgan fingerprint density at radius 1 is 1.17 bits per heavy atom. The summed E-state index contributed by atoms with van der Waals surface area (Å²) in [5.41, 5.74) is 0.940. The SMILES string of the molecule is CC1CCC(OCC(O)c2ccccc2)CC1C. The van der Waals surface area contributed by atoms with Crippen molar-refractivity contribution in [1.29, 1.82) is 0 Å². The maximum absolute atomic E-state index is 10.0. The summed E-state index contributed by atoms with van der Waals surface area (Å²) in [6.07, 6.45) is 3.33. The third-order valence-corrected chi connectivity index (χ3v) is 4.22. The van der Waals surface area contributed by atoms with Crippen LogP contribution in [0.15, 0.2) is 30.3 Å². The second kappa shape index (κ2) is 6.35. The largest absolute Gasteiger partial charge is 0.386 e. The molecule has 0 heterocycles. The topological polar surface area (TPSA) is 29.5 Å². The van der Waals surface area contributed by atoms with Gasteiger partial charge in [-0.15, -0.1) is 0 Å². The van der Waals surface area contributed by atoms with E-state index in [1.165, 1.54) is 6.42 Å². The summed E-state index contributed by atoms with van der Waals surface area (Å²) in [6, 6.07) is 9.74. The zero-order valence-corrected chi connectivity index (χ0v) is 11.4. The van der Waals surface area contributed by atoms with Gasteiger partial charge < -0.3 is 9.84 Å². The molecule has 0 saturated heterocycles. The molecule has 1 fully saturated rings. The van der Waals surface area contributed by atoms with E-state index in [1.807, 2.05) is 30.3 Å². The highest BCUT2D eigenvalue weighted by Gasteiger charge is 2.25. The molecule has 2 nitrogen and oxygen atoms in total. The van der Waals surface area contributed by atoms with Gasteiger partial charge in [0.2, 0.25) is 0 Å². The van der Waals surface area contributed by atoms with Gasteiger partial charge in [-0.2, -0.15) is 0 Å². The van der Waals surface area contributed by atoms with Crippen molar-refractivity contribution in [2.24, 2.45) is 11.8 Å². The fraction of sp³-hybridized carbons (Fsp3) is 0.625. The van der Waals surface area contributed by atoms with E-state index in [-0.39, 0.29) is 0 Å². The van der Waals surface area contributed by atoms with Gasteiger partial charge in [-0.1, -0.05) is 44.2 Å². The molecule has 4 unspecified atom stereocenters. The Hall–Kier alpha value is -0.860. The van der Waals surface area contributed by atoms with Crippen LogP contribution in [0.2, 0.25) is 0 Å². The average Bonchev–Trinajstić information content (AvgIpc) is 2.41. The van der Waals surface area contributed by atoms with E-state index in [4.69, 9.17) is 4.74 Å². The van der Waals surface area contributed by atoms with E-state index >= 15 is 0 Å². The van der Waals surface area contributed by atoms with Gasteiger partial charge in [0.15, 0.2) is 0 Å². The van der Waals surface area contributed by atoms with E-state index in [2.05, 4.69) is 13.8 Å². The monoisotopic (exact) mass is 248 g/mol. The molecular weight excluding hydrogens is 224 g/mol. The first-order chi connectivity index (χ1) is 8.66. The molecule has 1 aliphatic rings. The lowest BCUT2D eigenvalue weighted by atomic mass is 9.80. The van der Waals surface area contributed by atoms with Gasteiger partial charge in [0.05, 0.1) is 12.7 Å². The molecule has 0 amide bonds. The van der Waals surface area contributed by atoms with Crippen LogP contribution in [-0.2, 0) is 4.74 Å². The van der Waals surface area contributed by atoms with Crippen LogP contribution < -0.4 is 0 Å². The Labute approximate surface area is 110 Å². The molecular formula is C16H24O2. The molecule has 4 atom stereocenters. The minimum atomic E-state index is -0.499. The van der Waals surface area contributed by atoms with E-state index < -0.39 is 6.10 Å². The maximum Gasteiger partial charge on any atom is 0.102 e. The van der Waals surface area contributed by atoms with Crippen molar-refractivity contribution in [2.45, 2.75) is 45.3 Å². The van der Waals surface area contributed by atoms with Gasteiger partial charge >= 0.3 is 0 Å². The summed E-state index contributed by atoms with van der Waals surface area (Å²) in [6.45, 7) is 5.03. The maximum atomic E-state index is 10.0. The molecule has 0 aliphatic heterocycles. The number of hydrogen-bond acceptors (Lipinski definition) is 2. The predicted octanol–water partition coefficient (Wildman–Crippen LogP) is 3.56. The quantitative estimate of drug-likeness (QED) is 0.882. The third-order valence-electron chi connectivity index (χ3n) is 4.22. The summed E-state index contributed by atoms with van der Waals surface area (Å²) < 4.78 is 5.87. The standard InChI is InChI=1S/C16H24O2/c1-12-8-9-15(10-13(12)2)18-11-16(17)14-6-4-3-5-7-14/h3-7,12-13,15-17H,8-11H2,1-2H3. The lowest BCUT2D eigenvalue weighted by Crippen LogP contribution is -2.28. The van der Waals surface area contributed by atoms with Gasteiger partial charge in [-0.25, -0.2) is 0 Å². The van der Waals surface area contributed by atoms with Crippen molar-refractivity contribution in [3.63, 3.8) is 0 Å². The van der Waals surface area contributed by atoms with Gasteiger partial charge in [0.25, 0.3) is 0 Å². The lowest BCUT2D eigenvalue weighted by molar-refractivity contribution is -0.0397. The van der Waals surface area contributed by atoms with Crippen LogP contribution in [0.5, 0.6) is 0 Å². The number of ether oxygens (including phenoxy) is 1. The fourth-order valence-electron chi connectivity index (χ4n) is 2.65. The van der Waals surface area contributed by atoms with Crippen molar-refractivity contribution in [2.75, 3.05) is 6.61 Å². The molecule has 0 bridgehead atoms. The van der Waals surface area contributed by atoms with Crippen LogP contribution in [0.1, 0.15) is 44.8 Å². The molecule has 0 spiro atoms. The van der Waals surface area contributed by atoms with Crippen molar-refractivity contribution >= 4 is 0 Å².